The zero-order valence-electron chi connectivity index (χ0n) is 8.49. The summed E-state index contributed by atoms with van der Waals surface area (Å²) in [6.45, 7) is 7.30. The van der Waals surface area contributed by atoms with Crippen molar-refractivity contribution in [3.8, 4) is 0 Å². The van der Waals surface area contributed by atoms with E-state index in [1.807, 2.05) is 32.0 Å². The van der Waals surface area contributed by atoms with E-state index in [2.05, 4.69) is 6.58 Å². The van der Waals surface area contributed by atoms with Crippen molar-refractivity contribution in [3.05, 3.63) is 42.0 Å². The lowest BCUT2D eigenvalue weighted by atomic mass is 10.1. The molecule has 0 saturated carbocycles. The zero-order valence-corrected chi connectivity index (χ0v) is 8.49. The molecule has 0 fully saturated rings. The van der Waals surface area contributed by atoms with Crippen molar-refractivity contribution in [1.29, 1.82) is 0 Å². The van der Waals surface area contributed by atoms with E-state index in [1.54, 1.807) is 12.1 Å². The first kappa shape index (κ1) is 10.5. The van der Waals surface area contributed by atoms with Crippen LogP contribution in [0.15, 0.2) is 30.8 Å². The molecule has 0 N–H and O–H groups in total. The summed E-state index contributed by atoms with van der Waals surface area (Å²) < 4.78 is 5.09. The smallest absolute Gasteiger partial charge is 0.338 e. The average Bonchev–Trinajstić information content (AvgIpc) is 2.16. The molecule has 2 heteroatoms. The first-order valence-electron chi connectivity index (χ1n) is 4.57. The fraction of sp³-hybridized carbons (Fsp3) is 0.250. The lowest BCUT2D eigenvalue weighted by molar-refractivity contribution is 0.0377. The third-order valence-electron chi connectivity index (χ3n) is 1.74. The Hall–Kier alpha value is -1.57. The van der Waals surface area contributed by atoms with Crippen molar-refractivity contribution in [2.45, 2.75) is 20.0 Å². The van der Waals surface area contributed by atoms with E-state index >= 15 is 0 Å². The van der Waals surface area contributed by atoms with E-state index in [-0.39, 0.29) is 12.1 Å². The van der Waals surface area contributed by atoms with Crippen LogP contribution in [0.3, 0.4) is 0 Å². The van der Waals surface area contributed by atoms with E-state index in [1.165, 1.54) is 0 Å². The fourth-order valence-electron chi connectivity index (χ4n) is 1.14. The van der Waals surface area contributed by atoms with E-state index in [0.29, 0.717) is 5.56 Å². The Bertz CT molecular complexity index is 340. The maximum atomic E-state index is 11.6. The molecule has 74 valence electrons. The summed E-state index contributed by atoms with van der Waals surface area (Å²) in [5.41, 5.74) is 1.37. The molecule has 0 aliphatic rings. The number of benzene rings is 1. The summed E-state index contributed by atoms with van der Waals surface area (Å²) in [7, 11) is 0. The van der Waals surface area contributed by atoms with Crippen LogP contribution in [0.1, 0.15) is 29.8 Å². The highest BCUT2D eigenvalue weighted by Crippen LogP contribution is 2.12. The van der Waals surface area contributed by atoms with Gasteiger partial charge < -0.3 is 4.74 Å². The van der Waals surface area contributed by atoms with Gasteiger partial charge in [0.1, 0.15) is 0 Å². The Morgan fingerprint density at radius 3 is 2.64 bits per heavy atom. The predicted molar refractivity (Wildman–Crippen MR) is 57.1 cm³/mol. The summed E-state index contributed by atoms with van der Waals surface area (Å²) in [5.74, 6) is -0.296. The number of carbonyl (C=O) groups excluding carboxylic acids is 1. The second-order valence-electron chi connectivity index (χ2n) is 3.25. The van der Waals surface area contributed by atoms with Gasteiger partial charge in [-0.2, -0.15) is 0 Å². The topological polar surface area (TPSA) is 26.3 Å². The van der Waals surface area contributed by atoms with Gasteiger partial charge in [0.2, 0.25) is 0 Å². The van der Waals surface area contributed by atoms with Gasteiger partial charge >= 0.3 is 5.97 Å². The van der Waals surface area contributed by atoms with Gasteiger partial charge in [0.25, 0.3) is 0 Å². The van der Waals surface area contributed by atoms with Gasteiger partial charge in [-0.3, -0.25) is 0 Å². The number of ether oxygens (including phenoxy) is 1. The minimum atomic E-state index is -0.296. The van der Waals surface area contributed by atoms with Crippen molar-refractivity contribution < 1.29 is 9.53 Å². The molecule has 0 bridgehead atoms. The van der Waals surface area contributed by atoms with Crippen LogP contribution >= 0.6 is 0 Å². The Labute approximate surface area is 84.2 Å². The number of rotatable bonds is 3. The van der Waals surface area contributed by atoms with Crippen molar-refractivity contribution in [3.63, 3.8) is 0 Å². The molecule has 0 spiro atoms. The van der Waals surface area contributed by atoms with Crippen LogP contribution in [0, 0.1) is 0 Å². The lowest BCUT2D eigenvalue weighted by Gasteiger charge is -2.09. The molecule has 0 atom stereocenters. The van der Waals surface area contributed by atoms with Gasteiger partial charge in [-0.25, -0.2) is 4.79 Å². The van der Waals surface area contributed by atoms with Gasteiger partial charge in [-0.15, -0.1) is 0 Å². The van der Waals surface area contributed by atoms with E-state index in [0.717, 1.165) is 5.56 Å². The minimum absolute atomic E-state index is 0.0969. The molecule has 0 saturated heterocycles. The predicted octanol–water partition coefficient (Wildman–Crippen LogP) is 2.89. The van der Waals surface area contributed by atoms with Crippen LogP contribution in [0.25, 0.3) is 6.08 Å². The highest BCUT2D eigenvalue weighted by atomic mass is 16.5. The average molecular weight is 190 g/mol. The van der Waals surface area contributed by atoms with Crippen LogP contribution in [0.4, 0.5) is 0 Å². The summed E-state index contributed by atoms with van der Waals surface area (Å²) in [6.07, 6.45) is 1.55. The third-order valence-corrected chi connectivity index (χ3v) is 1.74. The first-order chi connectivity index (χ1) is 6.65. The fourth-order valence-corrected chi connectivity index (χ4v) is 1.14. The van der Waals surface area contributed by atoms with E-state index in [4.69, 9.17) is 4.74 Å². The maximum Gasteiger partial charge on any atom is 0.338 e. The molecule has 2 nitrogen and oxygen atoms in total. The summed E-state index contributed by atoms with van der Waals surface area (Å²) in [4.78, 5) is 11.6. The van der Waals surface area contributed by atoms with Crippen molar-refractivity contribution in [1.82, 2.24) is 0 Å². The molecule has 0 aromatic heterocycles. The first-order valence-corrected chi connectivity index (χ1v) is 4.57. The standard InChI is InChI=1S/C12H14O2/c1-4-10-7-5-6-8-11(10)12(13)14-9(2)3/h4-9H,1H2,2-3H3. The summed E-state index contributed by atoms with van der Waals surface area (Å²) >= 11 is 0. The van der Waals surface area contributed by atoms with E-state index < -0.39 is 0 Å². The van der Waals surface area contributed by atoms with Crippen molar-refractivity contribution >= 4 is 12.0 Å². The van der Waals surface area contributed by atoms with Crippen LogP contribution in [-0.2, 0) is 4.74 Å². The van der Waals surface area contributed by atoms with Crippen LogP contribution < -0.4 is 0 Å². The molecule has 0 radical (unpaired) electrons. The van der Waals surface area contributed by atoms with Crippen molar-refractivity contribution in [2.75, 3.05) is 0 Å². The Morgan fingerprint density at radius 2 is 2.07 bits per heavy atom. The number of hydrogen-bond acceptors (Lipinski definition) is 2. The van der Waals surface area contributed by atoms with Crippen LogP contribution in [0.5, 0.6) is 0 Å². The second kappa shape index (κ2) is 4.61. The molecule has 0 aliphatic carbocycles. The molecule has 1 aromatic rings. The Morgan fingerprint density at radius 1 is 1.43 bits per heavy atom. The van der Waals surface area contributed by atoms with E-state index in [9.17, 15) is 4.79 Å². The highest BCUT2D eigenvalue weighted by Gasteiger charge is 2.11. The van der Waals surface area contributed by atoms with Gasteiger partial charge in [-0.05, 0) is 25.5 Å². The zero-order chi connectivity index (χ0) is 10.6. The van der Waals surface area contributed by atoms with Gasteiger partial charge in [0.15, 0.2) is 0 Å². The third kappa shape index (κ3) is 2.46. The summed E-state index contributed by atoms with van der Waals surface area (Å²) in [5, 5.41) is 0. The quantitative estimate of drug-likeness (QED) is 0.685. The number of carbonyl (C=O) groups is 1. The number of esters is 1. The molecule has 1 aromatic carbocycles. The van der Waals surface area contributed by atoms with Gasteiger partial charge in [0, 0.05) is 0 Å². The molecule has 14 heavy (non-hydrogen) atoms. The molecular weight excluding hydrogens is 176 g/mol. The molecule has 1 rings (SSSR count). The molecule has 0 aliphatic heterocycles. The largest absolute Gasteiger partial charge is 0.459 e. The maximum absolute atomic E-state index is 11.6. The van der Waals surface area contributed by atoms with Gasteiger partial charge in [0.05, 0.1) is 11.7 Å². The monoisotopic (exact) mass is 190 g/mol. The molecule has 0 heterocycles. The SMILES string of the molecule is C=Cc1ccccc1C(=O)OC(C)C. The lowest BCUT2D eigenvalue weighted by Crippen LogP contribution is -2.12. The van der Waals surface area contributed by atoms with Crippen LogP contribution in [0.2, 0.25) is 0 Å². The molecular formula is C12H14O2. The van der Waals surface area contributed by atoms with Crippen molar-refractivity contribution in [2.24, 2.45) is 0 Å². The van der Waals surface area contributed by atoms with Crippen LogP contribution in [-0.4, -0.2) is 12.1 Å². The highest BCUT2D eigenvalue weighted by molar-refractivity contribution is 5.93. The van der Waals surface area contributed by atoms with Gasteiger partial charge in [-0.1, -0.05) is 30.9 Å². The molecule has 0 unspecified atom stereocenters. The summed E-state index contributed by atoms with van der Waals surface area (Å²) in [6, 6.07) is 7.25. The Balaban J connectivity index is 2.94. The minimum Gasteiger partial charge on any atom is -0.459 e. The second-order valence-corrected chi connectivity index (χ2v) is 3.25. The number of hydrogen-bond donors (Lipinski definition) is 0. The Kier molecular flexibility index (Phi) is 3.46. The normalized spacial score (nSPS) is 9.93. The molecule has 0 amide bonds.